The lowest BCUT2D eigenvalue weighted by Crippen LogP contribution is -2.27. The van der Waals surface area contributed by atoms with Crippen molar-refractivity contribution in [2.24, 2.45) is 0 Å². The fourth-order valence-electron chi connectivity index (χ4n) is 3.12. The summed E-state index contributed by atoms with van der Waals surface area (Å²) in [6.07, 6.45) is 0. The molecular formula is C20H19N5O2. The molecule has 136 valence electrons. The molecular weight excluding hydrogens is 342 g/mol. The van der Waals surface area contributed by atoms with Crippen molar-refractivity contribution in [1.82, 2.24) is 24.8 Å². The van der Waals surface area contributed by atoms with Crippen LogP contribution in [0.4, 0.5) is 0 Å². The summed E-state index contributed by atoms with van der Waals surface area (Å²) in [6, 6.07) is 14.5. The highest BCUT2D eigenvalue weighted by Gasteiger charge is 2.11. The van der Waals surface area contributed by atoms with Gasteiger partial charge in [-0.2, -0.15) is 0 Å². The van der Waals surface area contributed by atoms with Crippen LogP contribution < -0.4 is 11.1 Å². The molecule has 0 atom stereocenters. The predicted molar refractivity (Wildman–Crippen MR) is 105 cm³/mol. The quantitative estimate of drug-likeness (QED) is 0.568. The molecule has 0 fully saturated rings. The normalized spacial score (nSPS) is 11.5. The van der Waals surface area contributed by atoms with E-state index in [4.69, 9.17) is 0 Å². The van der Waals surface area contributed by atoms with Crippen molar-refractivity contribution in [2.75, 3.05) is 6.54 Å². The van der Waals surface area contributed by atoms with Crippen LogP contribution in [0.15, 0.2) is 58.1 Å². The Kier molecular flexibility index (Phi) is 4.52. The van der Waals surface area contributed by atoms with Crippen molar-refractivity contribution >= 4 is 21.8 Å². The van der Waals surface area contributed by atoms with Gasteiger partial charge in [0.15, 0.2) is 0 Å². The van der Waals surface area contributed by atoms with E-state index in [9.17, 15) is 9.59 Å². The first-order valence-corrected chi connectivity index (χ1v) is 8.82. The molecule has 0 aliphatic carbocycles. The molecule has 0 saturated heterocycles. The first-order valence-electron chi connectivity index (χ1n) is 8.82. The summed E-state index contributed by atoms with van der Waals surface area (Å²) in [7, 11) is 0. The van der Waals surface area contributed by atoms with Gasteiger partial charge in [-0.3, -0.25) is 14.5 Å². The standard InChI is InChI=1S/C20H19N5O2/c1-2-25(11-17-21-15-9-5-3-7-13(15)19(26)23-17)12-18-22-16-10-6-4-8-14(16)20(27)24-18/h3-10H,2,11-12H2,1H3,(H,21,23,26)(H,22,24,27). The molecule has 7 heteroatoms. The fraction of sp³-hybridized carbons (Fsp3) is 0.200. The van der Waals surface area contributed by atoms with E-state index < -0.39 is 0 Å². The van der Waals surface area contributed by atoms with Crippen molar-refractivity contribution in [3.63, 3.8) is 0 Å². The number of para-hydroxylation sites is 2. The minimum Gasteiger partial charge on any atom is -0.309 e. The number of fused-ring (bicyclic) bond motifs is 2. The number of nitrogens with zero attached hydrogens (tertiary/aromatic N) is 3. The lowest BCUT2D eigenvalue weighted by atomic mass is 10.2. The summed E-state index contributed by atoms with van der Waals surface area (Å²) in [6.45, 7) is 3.63. The largest absolute Gasteiger partial charge is 0.309 e. The highest BCUT2D eigenvalue weighted by atomic mass is 16.1. The predicted octanol–water partition coefficient (Wildman–Crippen LogP) is 2.18. The van der Waals surface area contributed by atoms with E-state index >= 15 is 0 Å². The molecule has 27 heavy (non-hydrogen) atoms. The van der Waals surface area contributed by atoms with E-state index in [0.29, 0.717) is 53.1 Å². The Morgan fingerprint density at radius 1 is 0.778 bits per heavy atom. The molecule has 4 aromatic rings. The minimum absolute atomic E-state index is 0.149. The van der Waals surface area contributed by atoms with Gasteiger partial charge >= 0.3 is 0 Å². The molecule has 0 aliphatic rings. The maximum absolute atomic E-state index is 12.2. The topological polar surface area (TPSA) is 94.7 Å². The van der Waals surface area contributed by atoms with Crippen LogP contribution in [-0.2, 0) is 13.1 Å². The Bertz CT molecular complexity index is 1130. The molecule has 0 saturated carbocycles. The monoisotopic (exact) mass is 361 g/mol. The Labute approximate surface area is 154 Å². The third kappa shape index (κ3) is 3.50. The summed E-state index contributed by atoms with van der Waals surface area (Å²) in [4.78, 5) is 41.3. The molecule has 0 spiro atoms. The van der Waals surface area contributed by atoms with Gasteiger partial charge in [0, 0.05) is 0 Å². The Balaban J connectivity index is 1.62. The smallest absolute Gasteiger partial charge is 0.258 e. The van der Waals surface area contributed by atoms with Crippen LogP contribution in [-0.4, -0.2) is 31.4 Å². The van der Waals surface area contributed by atoms with E-state index in [2.05, 4.69) is 24.8 Å². The van der Waals surface area contributed by atoms with E-state index in [1.807, 2.05) is 43.3 Å². The van der Waals surface area contributed by atoms with Gasteiger partial charge < -0.3 is 9.97 Å². The lowest BCUT2D eigenvalue weighted by molar-refractivity contribution is 0.258. The van der Waals surface area contributed by atoms with Crippen LogP contribution in [0.1, 0.15) is 18.6 Å². The Hall–Kier alpha value is -3.32. The molecule has 7 nitrogen and oxygen atoms in total. The SMILES string of the molecule is CCN(Cc1nc2ccccc2c(=O)[nH]1)Cc1nc2ccccc2c(=O)[nH]1. The summed E-state index contributed by atoms with van der Waals surface area (Å²) < 4.78 is 0. The van der Waals surface area contributed by atoms with Crippen molar-refractivity contribution in [1.29, 1.82) is 0 Å². The van der Waals surface area contributed by atoms with Gasteiger partial charge in [0.1, 0.15) is 11.6 Å². The van der Waals surface area contributed by atoms with Crippen LogP contribution in [0.25, 0.3) is 21.8 Å². The van der Waals surface area contributed by atoms with E-state index in [1.54, 1.807) is 12.1 Å². The molecule has 0 radical (unpaired) electrons. The third-order valence-corrected chi connectivity index (χ3v) is 4.52. The Morgan fingerprint density at radius 3 is 1.67 bits per heavy atom. The van der Waals surface area contributed by atoms with Gasteiger partial charge in [0.05, 0.1) is 34.9 Å². The molecule has 0 aliphatic heterocycles. The molecule has 2 heterocycles. The summed E-state index contributed by atoms with van der Waals surface area (Å²) in [5.74, 6) is 1.17. The summed E-state index contributed by atoms with van der Waals surface area (Å²) in [5.41, 5.74) is 1.04. The average molecular weight is 361 g/mol. The van der Waals surface area contributed by atoms with Crippen LogP contribution in [0.2, 0.25) is 0 Å². The first-order chi connectivity index (χ1) is 13.1. The average Bonchev–Trinajstić information content (AvgIpc) is 2.67. The van der Waals surface area contributed by atoms with E-state index in [-0.39, 0.29) is 11.1 Å². The number of aromatic amines is 2. The number of rotatable bonds is 5. The van der Waals surface area contributed by atoms with Crippen molar-refractivity contribution < 1.29 is 0 Å². The zero-order valence-electron chi connectivity index (χ0n) is 14.9. The van der Waals surface area contributed by atoms with E-state index in [1.165, 1.54) is 0 Å². The van der Waals surface area contributed by atoms with Gasteiger partial charge in [-0.05, 0) is 30.8 Å². The molecule has 2 aromatic carbocycles. The second kappa shape index (κ2) is 7.13. The van der Waals surface area contributed by atoms with Crippen LogP contribution in [0.3, 0.4) is 0 Å². The van der Waals surface area contributed by atoms with Gasteiger partial charge in [0.25, 0.3) is 11.1 Å². The van der Waals surface area contributed by atoms with Gasteiger partial charge in [0.2, 0.25) is 0 Å². The third-order valence-electron chi connectivity index (χ3n) is 4.52. The maximum atomic E-state index is 12.2. The highest BCUT2D eigenvalue weighted by Crippen LogP contribution is 2.10. The molecule has 0 unspecified atom stereocenters. The number of H-pyrrole nitrogens is 2. The second-order valence-electron chi connectivity index (χ2n) is 6.36. The second-order valence-corrected chi connectivity index (χ2v) is 6.36. The molecule has 0 bridgehead atoms. The van der Waals surface area contributed by atoms with Crippen molar-refractivity contribution in [2.45, 2.75) is 20.0 Å². The van der Waals surface area contributed by atoms with Crippen LogP contribution in [0, 0.1) is 0 Å². The van der Waals surface area contributed by atoms with Crippen LogP contribution in [0.5, 0.6) is 0 Å². The van der Waals surface area contributed by atoms with Crippen LogP contribution >= 0.6 is 0 Å². The minimum atomic E-state index is -0.149. The Morgan fingerprint density at radius 2 is 1.22 bits per heavy atom. The summed E-state index contributed by atoms with van der Waals surface area (Å²) >= 11 is 0. The number of hydrogen-bond acceptors (Lipinski definition) is 5. The fourth-order valence-corrected chi connectivity index (χ4v) is 3.12. The molecule has 2 aromatic heterocycles. The van der Waals surface area contributed by atoms with Crippen molar-refractivity contribution in [3.8, 4) is 0 Å². The molecule has 2 N–H and O–H groups in total. The highest BCUT2D eigenvalue weighted by molar-refractivity contribution is 5.77. The first kappa shape index (κ1) is 17.1. The number of aromatic nitrogens is 4. The maximum Gasteiger partial charge on any atom is 0.258 e. The van der Waals surface area contributed by atoms with Gasteiger partial charge in [-0.1, -0.05) is 31.2 Å². The zero-order chi connectivity index (χ0) is 18.8. The lowest BCUT2D eigenvalue weighted by Gasteiger charge is -2.19. The molecule has 4 rings (SSSR count). The van der Waals surface area contributed by atoms with Gasteiger partial charge in [-0.15, -0.1) is 0 Å². The number of nitrogens with one attached hydrogen (secondary N) is 2. The number of benzene rings is 2. The summed E-state index contributed by atoms with van der Waals surface area (Å²) in [5, 5.41) is 1.15. The van der Waals surface area contributed by atoms with E-state index in [0.717, 1.165) is 0 Å². The van der Waals surface area contributed by atoms with Gasteiger partial charge in [-0.25, -0.2) is 9.97 Å². The molecule has 0 amide bonds. The van der Waals surface area contributed by atoms with Crippen molar-refractivity contribution in [3.05, 3.63) is 80.9 Å². The number of hydrogen-bond donors (Lipinski definition) is 2. The zero-order valence-corrected chi connectivity index (χ0v) is 14.9.